The fourth-order valence-electron chi connectivity index (χ4n) is 3.93. The van der Waals surface area contributed by atoms with Crippen LogP contribution in [0.2, 0.25) is 5.02 Å². The largest absolute Gasteiger partial charge is 0.367 e. The van der Waals surface area contributed by atoms with Gasteiger partial charge >= 0.3 is 0 Å². The number of halogens is 1. The minimum absolute atomic E-state index is 0.0121. The van der Waals surface area contributed by atoms with Crippen molar-refractivity contribution in [3.63, 3.8) is 0 Å². The van der Waals surface area contributed by atoms with Crippen LogP contribution in [-0.2, 0) is 10.2 Å². The number of anilines is 1. The van der Waals surface area contributed by atoms with Gasteiger partial charge in [0, 0.05) is 31.7 Å². The van der Waals surface area contributed by atoms with Gasteiger partial charge in [-0.2, -0.15) is 0 Å². The number of carbonyl (C=O) groups is 2. The SMILES string of the molecule is CC(C)[C@@H](NC(=O)c1ccc(C(C)(C)C)cc1)C(=O)N1CCN(c2ccccc2Cl)CC1. The smallest absolute Gasteiger partial charge is 0.251 e. The highest BCUT2D eigenvalue weighted by molar-refractivity contribution is 6.33. The summed E-state index contributed by atoms with van der Waals surface area (Å²) < 4.78 is 0. The molecule has 1 aliphatic heterocycles. The fraction of sp³-hybridized carbons (Fsp3) is 0.462. The van der Waals surface area contributed by atoms with E-state index in [2.05, 4.69) is 31.0 Å². The molecule has 0 aromatic heterocycles. The van der Waals surface area contributed by atoms with Crippen LogP contribution in [-0.4, -0.2) is 48.9 Å². The van der Waals surface area contributed by atoms with Crippen LogP contribution in [0.1, 0.15) is 50.5 Å². The molecule has 2 aromatic rings. The summed E-state index contributed by atoms with van der Waals surface area (Å²) in [6, 6.07) is 14.8. The second kappa shape index (κ2) is 9.95. The van der Waals surface area contributed by atoms with Crippen molar-refractivity contribution in [2.45, 2.75) is 46.1 Å². The second-order valence-corrected chi connectivity index (χ2v) is 10.2. The Hall–Kier alpha value is -2.53. The third kappa shape index (κ3) is 5.63. The topological polar surface area (TPSA) is 52.7 Å². The van der Waals surface area contributed by atoms with Gasteiger partial charge in [0.1, 0.15) is 6.04 Å². The van der Waals surface area contributed by atoms with Gasteiger partial charge in [-0.1, -0.05) is 70.5 Å². The minimum Gasteiger partial charge on any atom is -0.367 e. The molecule has 3 rings (SSSR count). The van der Waals surface area contributed by atoms with Gasteiger partial charge in [-0.05, 0) is 41.2 Å². The van der Waals surface area contributed by atoms with E-state index < -0.39 is 6.04 Å². The molecule has 0 radical (unpaired) electrons. The molecule has 6 heteroatoms. The fourth-order valence-corrected chi connectivity index (χ4v) is 4.19. The van der Waals surface area contributed by atoms with Gasteiger partial charge in [-0.3, -0.25) is 9.59 Å². The number of carbonyl (C=O) groups excluding carboxylic acids is 2. The minimum atomic E-state index is -0.559. The van der Waals surface area contributed by atoms with Gasteiger partial charge in [0.05, 0.1) is 10.7 Å². The third-order valence-corrected chi connectivity index (χ3v) is 6.34. The molecule has 172 valence electrons. The Labute approximate surface area is 196 Å². The summed E-state index contributed by atoms with van der Waals surface area (Å²) in [7, 11) is 0. The normalized spacial score (nSPS) is 15.6. The maximum Gasteiger partial charge on any atom is 0.251 e. The number of nitrogens with zero attached hydrogens (tertiary/aromatic N) is 2. The number of nitrogens with one attached hydrogen (secondary N) is 1. The van der Waals surface area contributed by atoms with Crippen LogP contribution in [0.4, 0.5) is 5.69 Å². The van der Waals surface area contributed by atoms with E-state index in [1.54, 1.807) is 0 Å². The highest BCUT2D eigenvalue weighted by Gasteiger charge is 2.31. The summed E-state index contributed by atoms with van der Waals surface area (Å²) in [4.78, 5) is 30.2. The van der Waals surface area contributed by atoms with Crippen molar-refractivity contribution in [1.29, 1.82) is 0 Å². The number of benzene rings is 2. The van der Waals surface area contributed by atoms with Crippen LogP contribution >= 0.6 is 11.6 Å². The lowest BCUT2D eigenvalue weighted by Crippen LogP contribution is -2.56. The maximum atomic E-state index is 13.3. The Kier molecular flexibility index (Phi) is 7.50. The molecular weight excluding hydrogens is 422 g/mol. The molecule has 1 saturated heterocycles. The van der Waals surface area contributed by atoms with Gasteiger partial charge in [-0.15, -0.1) is 0 Å². The number of amides is 2. The standard InChI is InChI=1S/C26H34ClN3O2/c1-18(2)23(28-24(31)19-10-12-20(13-11-19)26(3,4)5)25(32)30-16-14-29(15-17-30)22-9-7-6-8-21(22)27/h6-13,18,23H,14-17H2,1-5H3,(H,28,31)/t23-/m1/s1. The van der Waals surface area contributed by atoms with Crippen LogP contribution in [0.5, 0.6) is 0 Å². The number of para-hydroxylation sites is 1. The lowest BCUT2D eigenvalue weighted by molar-refractivity contribution is -0.134. The first kappa shape index (κ1) is 24.1. The highest BCUT2D eigenvalue weighted by atomic mass is 35.5. The Morgan fingerprint density at radius 3 is 2.06 bits per heavy atom. The first-order chi connectivity index (χ1) is 15.1. The zero-order valence-corrected chi connectivity index (χ0v) is 20.4. The molecule has 1 fully saturated rings. The van der Waals surface area contributed by atoms with Crippen LogP contribution in [0.15, 0.2) is 48.5 Å². The Bertz CT molecular complexity index is 942. The summed E-state index contributed by atoms with van der Waals surface area (Å²) in [6.07, 6.45) is 0. The average Bonchev–Trinajstić information content (AvgIpc) is 2.76. The van der Waals surface area contributed by atoms with E-state index in [1.165, 1.54) is 5.56 Å². The first-order valence-corrected chi connectivity index (χ1v) is 11.7. The van der Waals surface area contributed by atoms with Crippen molar-refractivity contribution in [2.75, 3.05) is 31.1 Å². The number of piperazine rings is 1. The first-order valence-electron chi connectivity index (χ1n) is 11.3. The van der Waals surface area contributed by atoms with Gasteiger partial charge in [0.2, 0.25) is 5.91 Å². The summed E-state index contributed by atoms with van der Waals surface area (Å²) >= 11 is 6.33. The van der Waals surface area contributed by atoms with Gasteiger partial charge < -0.3 is 15.1 Å². The zero-order valence-electron chi connectivity index (χ0n) is 19.7. The lowest BCUT2D eigenvalue weighted by atomic mass is 9.86. The zero-order chi connectivity index (χ0) is 23.5. The molecule has 2 aromatic carbocycles. The predicted octanol–water partition coefficient (Wildman–Crippen LogP) is 4.74. The molecule has 1 heterocycles. The molecule has 1 aliphatic rings. The van der Waals surface area contributed by atoms with Crippen molar-refractivity contribution in [3.8, 4) is 0 Å². The van der Waals surface area contributed by atoms with Crippen molar-refractivity contribution in [1.82, 2.24) is 10.2 Å². The van der Waals surface area contributed by atoms with E-state index in [0.717, 1.165) is 10.7 Å². The molecule has 1 atom stereocenters. The van der Waals surface area contributed by atoms with Crippen molar-refractivity contribution >= 4 is 29.1 Å². The van der Waals surface area contributed by atoms with Crippen molar-refractivity contribution in [3.05, 3.63) is 64.7 Å². The van der Waals surface area contributed by atoms with E-state index in [1.807, 2.05) is 67.3 Å². The van der Waals surface area contributed by atoms with Crippen LogP contribution in [0.25, 0.3) is 0 Å². The molecule has 0 spiro atoms. The molecule has 5 nitrogen and oxygen atoms in total. The highest BCUT2D eigenvalue weighted by Crippen LogP contribution is 2.26. The van der Waals surface area contributed by atoms with Gasteiger partial charge in [-0.25, -0.2) is 0 Å². The summed E-state index contributed by atoms with van der Waals surface area (Å²) in [5.74, 6) is -0.257. The van der Waals surface area contributed by atoms with Crippen LogP contribution in [0.3, 0.4) is 0 Å². The van der Waals surface area contributed by atoms with E-state index in [-0.39, 0.29) is 23.1 Å². The quantitative estimate of drug-likeness (QED) is 0.708. The molecule has 1 N–H and O–H groups in total. The number of hydrogen-bond acceptors (Lipinski definition) is 3. The van der Waals surface area contributed by atoms with Gasteiger partial charge in [0.25, 0.3) is 5.91 Å². The molecule has 0 aliphatic carbocycles. The second-order valence-electron chi connectivity index (χ2n) is 9.79. The van der Waals surface area contributed by atoms with E-state index in [0.29, 0.717) is 31.7 Å². The number of rotatable bonds is 5. The maximum absolute atomic E-state index is 13.3. The molecular formula is C26H34ClN3O2. The Morgan fingerprint density at radius 2 is 1.53 bits per heavy atom. The summed E-state index contributed by atoms with van der Waals surface area (Å²) in [5.41, 5.74) is 2.76. The molecule has 0 unspecified atom stereocenters. The Balaban J connectivity index is 1.64. The lowest BCUT2D eigenvalue weighted by Gasteiger charge is -2.38. The van der Waals surface area contributed by atoms with Crippen molar-refractivity contribution < 1.29 is 9.59 Å². The number of hydrogen-bond donors (Lipinski definition) is 1. The Morgan fingerprint density at radius 1 is 0.938 bits per heavy atom. The molecule has 0 saturated carbocycles. The molecule has 2 amide bonds. The average molecular weight is 456 g/mol. The molecule has 32 heavy (non-hydrogen) atoms. The van der Waals surface area contributed by atoms with Crippen molar-refractivity contribution in [2.24, 2.45) is 5.92 Å². The van der Waals surface area contributed by atoms with Crippen LogP contribution < -0.4 is 10.2 Å². The summed E-state index contributed by atoms with van der Waals surface area (Å²) in [6.45, 7) is 13.0. The van der Waals surface area contributed by atoms with Crippen LogP contribution in [0, 0.1) is 5.92 Å². The van der Waals surface area contributed by atoms with E-state index in [4.69, 9.17) is 11.6 Å². The monoisotopic (exact) mass is 455 g/mol. The van der Waals surface area contributed by atoms with Gasteiger partial charge in [0.15, 0.2) is 0 Å². The summed E-state index contributed by atoms with van der Waals surface area (Å²) in [5, 5.41) is 3.69. The predicted molar refractivity (Wildman–Crippen MR) is 131 cm³/mol. The van der Waals surface area contributed by atoms with E-state index in [9.17, 15) is 9.59 Å². The molecule has 0 bridgehead atoms. The third-order valence-electron chi connectivity index (χ3n) is 6.02. The van der Waals surface area contributed by atoms with E-state index >= 15 is 0 Å².